The second-order valence-corrected chi connectivity index (χ2v) is 4.18. The van der Waals surface area contributed by atoms with Gasteiger partial charge in [0.1, 0.15) is 5.75 Å². The van der Waals surface area contributed by atoms with Crippen LogP contribution in [0.15, 0.2) is 12.1 Å². The van der Waals surface area contributed by atoms with E-state index in [1.54, 1.807) is 6.07 Å². The lowest BCUT2D eigenvalue weighted by atomic mass is 9.91. The number of rotatable bonds is 3. The number of benzene rings is 1. The number of nitrogens with one attached hydrogen (secondary N) is 1. The summed E-state index contributed by atoms with van der Waals surface area (Å²) in [5, 5.41) is 3.10. The normalized spacial score (nSPS) is 19.2. The number of anilines is 1. The number of nitrogen functional groups attached to an aromatic ring is 1. The van der Waals surface area contributed by atoms with Gasteiger partial charge in [-0.1, -0.05) is 0 Å². The molecule has 5 heteroatoms. The van der Waals surface area contributed by atoms with Crippen LogP contribution in [0.25, 0.3) is 0 Å². The summed E-state index contributed by atoms with van der Waals surface area (Å²) in [5.74, 6) is 0.548. The Morgan fingerprint density at radius 2 is 2.29 bits per heavy atom. The molecule has 1 aliphatic heterocycles. The monoisotopic (exact) mass is 242 g/mol. The number of ether oxygens (including phenoxy) is 1. The summed E-state index contributed by atoms with van der Waals surface area (Å²) in [6.07, 6.45) is -1.69. The van der Waals surface area contributed by atoms with Gasteiger partial charge in [0.05, 0.1) is 12.8 Å². The predicted octanol–water partition coefficient (Wildman–Crippen LogP) is 2.12. The highest BCUT2D eigenvalue weighted by atomic mass is 19.3. The minimum absolute atomic E-state index is 0.180. The lowest BCUT2D eigenvalue weighted by Gasteiger charge is -2.27. The number of nitrogens with two attached hydrogens (primary N) is 1. The van der Waals surface area contributed by atoms with Crippen LogP contribution in [0.5, 0.6) is 5.75 Å². The molecule has 0 bridgehead atoms. The van der Waals surface area contributed by atoms with E-state index >= 15 is 0 Å². The van der Waals surface area contributed by atoms with E-state index in [1.807, 2.05) is 6.07 Å². The van der Waals surface area contributed by atoms with Crippen LogP contribution in [0.4, 0.5) is 14.5 Å². The lowest BCUT2D eigenvalue weighted by Crippen LogP contribution is -2.31. The van der Waals surface area contributed by atoms with E-state index in [9.17, 15) is 8.78 Å². The Labute approximate surface area is 98.9 Å². The third-order valence-corrected chi connectivity index (χ3v) is 3.07. The molecule has 0 saturated carbocycles. The van der Waals surface area contributed by atoms with Crippen LogP contribution in [-0.4, -0.2) is 20.1 Å². The molecule has 1 atom stereocenters. The molecule has 17 heavy (non-hydrogen) atoms. The molecule has 94 valence electrons. The van der Waals surface area contributed by atoms with Crippen LogP contribution in [0.3, 0.4) is 0 Å². The number of halogens is 2. The van der Waals surface area contributed by atoms with Gasteiger partial charge in [-0.15, -0.1) is 0 Å². The molecule has 0 spiro atoms. The molecule has 0 aromatic heterocycles. The SMILES string of the molecule is COc1cc2c(cc1N)CCNC2CC(F)F. The second kappa shape index (κ2) is 4.87. The van der Waals surface area contributed by atoms with Crippen LogP contribution < -0.4 is 15.8 Å². The third kappa shape index (κ3) is 2.49. The van der Waals surface area contributed by atoms with Gasteiger partial charge in [0.15, 0.2) is 0 Å². The van der Waals surface area contributed by atoms with Crippen LogP contribution in [0.1, 0.15) is 23.6 Å². The summed E-state index contributed by atoms with van der Waals surface area (Å²) in [7, 11) is 1.52. The molecule has 1 heterocycles. The smallest absolute Gasteiger partial charge is 0.240 e. The number of fused-ring (bicyclic) bond motifs is 1. The first-order valence-electron chi connectivity index (χ1n) is 5.59. The van der Waals surface area contributed by atoms with Gasteiger partial charge in [0, 0.05) is 12.5 Å². The van der Waals surface area contributed by atoms with E-state index in [0.717, 1.165) is 17.5 Å². The standard InChI is InChI=1S/C12H16F2N2O/c1-17-11-5-8-7(4-9(11)15)2-3-16-10(8)6-12(13)14/h4-5,10,12,16H,2-3,6,15H2,1H3. The maximum atomic E-state index is 12.5. The fourth-order valence-electron chi connectivity index (χ4n) is 2.26. The molecule has 0 aliphatic carbocycles. The Morgan fingerprint density at radius 3 is 2.94 bits per heavy atom. The zero-order valence-corrected chi connectivity index (χ0v) is 9.67. The van der Waals surface area contributed by atoms with Crippen molar-refractivity contribution in [1.82, 2.24) is 5.32 Å². The number of hydrogen-bond acceptors (Lipinski definition) is 3. The molecule has 3 nitrogen and oxygen atoms in total. The van der Waals surface area contributed by atoms with Gasteiger partial charge in [-0.2, -0.15) is 0 Å². The third-order valence-electron chi connectivity index (χ3n) is 3.07. The molecule has 0 radical (unpaired) electrons. The summed E-state index contributed by atoms with van der Waals surface area (Å²) in [4.78, 5) is 0. The van der Waals surface area contributed by atoms with Crippen molar-refractivity contribution in [3.63, 3.8) is 0 Å². The fraction of sp³-hybridized carbons (Fsp3) is 0.500. The molecule has 1 aliphatic rings. The Hall–Kier alpha value is -1.36. The van der Waals surface area contributed by atoms with Gasteiger partial charge in [0.25, 0.3) is 0 Å². The highest BCUT2D eigenvalue weighted by molar-refractivity contribution is 5.58. The maximum absolute atomic E-state index is 12.5. The minimum Gasteiger partial charge on any atom is -0.495 e. The molecule has 0 amide bonds. The summed E-state index contributed by atoms with van der Waals surface area (Å²) < 4.78 is 30.1. The lowest BCUT2D eigenvalue weighted by molar-refractivity contribution is 0.121. The fourth-order valence-corrected chi connectivity index (χ4v) is 2.26. The summed E-state index contributed by atoms with van der Waals surface area (Å²) in [5.41, 5.74) is 8.28. The van der Waals surface area contributed by atoms with Crippen molar-refractivity contribution in [3.8, 4) is 5.75 Å². The van der Waals surface area contributed by atoms with E-state index in [1.165, 1.54) is 7.11 Å². The van der Waals surface area contributed by atoms with Gasteiger partial charge in [-0.25, -0.2) is 8.78 Å². The molecule has 0 fully saturated rings. The first-order chi connectivity index (χ1) is 8.11. The van der Waals surface area contributed by atoms with Crippen molar-refractivity contribution in [2.75, 3.05) is 19.4 Å². The quantitative estimate of drug-likeness (QED) is 0.798. The van der Waals surface area contributed by atoms with Crippen molar-refractivity contribution in [2.24, 2.45) is 0 Å². The Balaban J connectivity index is 2.35. The highest BCUT2D eigenvalue weighted by Crippen LogP contribution is 2.34. The van der Waals surface area contributed by atoms with Crippen molar-refractivity contribution in [3.05, 3.63) is 23.3 Å². The maximum Gasteiger partial charge on any atom is 0.240 e. The van der Waals surface area contributed by atoms with Crippen LogP contribution in [-0.2, 0) is 6.42 Å². The highest BCUT2D eigenvalue weighted by Gasteiger charge is 2.24. The van der Waals surface area contributed by atoms with Crippen LogP contribution in [0, 0.1) is 0 Å². The molecule has 1 unspecified atom stereocenters. The Kier molecular flexibility index (Phi) is 3.47. The molecular formula is C12H16F2N2O. The van der Waals surface area contributed by atoms with Crippen LogP contribution in [0.2, 0.25) is 0 Å². The minimum atomic E-state index is -2.32. The first-order valence-corrected chi connectivity index (χ1v) is 5.59. The number of alkyl halides is 2. The second-order valence-electron chi connectivity index (χ2n) is 4.18. The molecule has 2 rings (SSSR count). The van der Waals surface area contributed by atoms with E-state index in [-0.39, 0.29) is 12.5 Å². The van der Waals surface area contributed by atoms with E-state index in [0.29, 0.717) is 18.0 Å². The van der Waals surface area contributed by atoms with Gasteiger partial charge in [0.2, 0.25) is 6.43 Å². The van der Waals surface area contributed by atoms with Gasteiger partial charge >= 0.3 is 0 Å². The average molecular weight is 242 g/mol. The van der Waals surface area contributed by atoms with E-state index in [4.69, 9.17) is 10.5 Å². The number of methoxy groups -OCH3 is 1. The first kappa shape index (κ1) is 12.1. The number of hydrogen-bond donors (Lipinski definition) is 2. The van der Waals surface area contributed by atoms with Crippen molar-refractivity contribution in [1.29, 1.82) is 0 Å². The van der Waals surface area contributed by atoms with Crippen LogP contribution >= 0.6 is 0 Å². The topological polar surface area (TPSA) is 47.3 Å². The van der Waals surface area contributed by atoms with Crippen molar-refractivity contribution in [2.45, 2.75) is 25.3 Å². The Morgan fingerprint density at radius 1 is 1.53 bits per heavy atom. The van der Waals surface area contributed by atoms with Crippen molar-refractivity contribution < 1.29 is 13.5 Å². The molecule has 3 N–H and O–H groups in total. The molecule has 1 aromatic rings. The zero-order valence-electron chi connectivity index (χ0n) is 9.67. The van der Waals surface area contributed by atoms with Gasteiger partial charge < -0.3 is 15.8 Å². The molecule has 1 aromatic carbocycles. The van der Waals surface area contributed by atoms with Crippen molar-refractivity contribution >= 4 is 5.69 Å². The average Bonchev–Trinajstić information content (AvgIpc) is 2.27. The summed E-state index contributed by atoms with van der Waals surface area (Å²) in [6, 6.07) is 3.28. The molecular weight excluding hydrogens is 226 g/mol. The van der Waals surface area contributed by atoms with E-state index < -0.39 is 6.43 Å². The summed E-state index contributed by atoms with van der Waals surface area (Å²) in [6.45, 7) is 0.705. The van der Waals surface area contributed by atoms with E-state index in [2.05, 4.69) is 5.32 Å². The van der Waals surface area contributed by atoms with Gasteiger partial charge in [-0.3, -0.25) is 0 Å². The zero-order chi connectivity index (χ0) is 12.4. The Bertz CT molecular complexity index is 410. The van der Waals surface area contributed by atoms with Gasteiger partial charge in [-0.05, 0) is 36.2 Å². The largest absolute Gasteiger partial charge is 0.495 e. The predicted molar refractivity (Wildman–Crippen MR) is 62.5 cm³/mol. The molecule has 0 saturated heterocycles. The summed E-state index contributed by atoms with van der Waals surface area (Å²) >= 11 is 0.